The number of rotatable bonds is 4. The second kappa shape index (κ2) is 8.23. The van der Waals surface area contributed by atoms with E-state index in [2.05, 4.69) is 31.0 Å². The van der Waals surface area contributed by atoms with Crippen LogP contribution in [0.3, 0.4) is 0 Å². The summed E-state index contributed by atoms with van der Waals surface area (Å²) in [4.78, 5) is 15.0. The summed E-state index contributed by atoms with van der Waals surface area (Å²) in [5.74, 6) is 1.86. The summed E-state index contributed by atoms with van der Waals surface area (Å²) in [5, 5.41) is 3.28. The SMILES string of the molecule is CC(C)CC1CCCCCN1C(=O)C(C)C1CNC1.Cl. The van der Waals surface area contributed by atoms with E-state index < -0.39 is 0 Å². The van der Waals surface area contributed by atoms with E-state index >= 15 is 0 Å². The van der Waals surface area contributed by atoms with Crippen LogP contribution in [0, 0.1) is 17.8 Å². The quantitative estimate of drug-likeness (QED) is 0.865. The Morgan fingerprint density at radius 1 is 1.20 bits per heavy atom. The zero-order valence-electron chi connectivity index (χ0n) is 13.2. The van der Waals surface area contributed by atoms with E-state index in [9.17, 15) is 4.79 Å². The molecule has 2 rings (SSSR count). The van der Waals surface area contributed by atoms with Crippen molar-refractivity contribution in [1.82, 2.24) is 10.2 Å². The lowest BCUT2D eigenvalue weighted by Crippen LogP contribution is -2.52. The van der Waals surface area contributed by atoms with Crippen LogP contribution in [0.25, 0.3) is 0 Å². The van der Waals surface area contributed by atoms with E-state index in [1.807, 2.05) is 0 Å². The Morgan fingerprint density at radius 3 is 2.45 bits per heavy atom. The summed E-state index contributed by atoms with van der Waals surface area (Å²) < 4.78 is 0. The lowest BCUT2D eigenvalue weighted by Gasteiger charge is -2.38. The van der Waals surface area contributed by atoms with Crippen molar-refractivity contribution in [1.29, 1.82) is 0 Å². The van der Waals surface area contributed by atoms with E-state index in [0.717, 1.165) is 19.6 Å². The summed E-state index contributed by atoms with van der Waals surface area (Å²) in [5.41, 5.74) is 0. The first kappa shape index (κ1) is 17.8. The molecule has 0 aromatic carbocycles. The molecular weight excluding hydrogens is 272 g/mol. The maximum absolute atomic E-state index is 12.8. The molecule has 2 atom stereocenters. The summed E-state index contributed by atoms with van der Waals surface area (Å²) >= 11 is 0. The van der Waals surface area contributed by atoms with Crippen molar-refractivity contribution in [2.24, 2.45) is 17.8 Å². The highest BCUT2D eigenvalue weighted by atomic mass is 35.5. The Balaban J connectivity index is 0.00000200. The van der Waals surface area contributed by atoms with Crippen LogP contribution >= 0.6 is 12.4 Å². The van der Waals surface area contributed by atoms with Crippen LogP contribution in [0.4, 0.5) is 0 Å². The van der Waals surface area contributed by atoms with E-state index in [1.165, 1.54) is 32.1 Å². The largest absolute Gasteiger partial charge is 0.339 e. The first-order valence-corrected chi connectivity index (χ1v) is 8.10. The van der Waals surface area contributed by atoms with Gasteiger partial charge in [0, 0.05) is 18.5 Å². The number of halogens is 1. The van der Waals surface area contributed by atoms with E-state index in [1.54, 1.807) is 0 Å². The average Bonchev–Trinajstić information content (AvgIpc) is 2.50. The van der Waals surface area contributed by atoms with Crippen LogP contribution in [0.2, 0.25) is 0 Å². The molecule has 0 aromatic heterocycles. The average molecular weight is 303 g/mol. The van der Waals surface area contributed by atoms with Crippen LogP contribution in [-0.4, -0.2) is 36.5 Å². The summed E-state index contributed by atoms with van der Waals surface area (Å²) in [7, 11) is 0. The van der Waals surface area contributed by atoms with E-state index in [4.69, 9.17) is 0 Å². The standard InChI is InChI=1S/C16H30N2O.ClH/c1-12(2)9-15-7-5-4-6-8-18(15)16(19)13(3)14-10-17-11-14;/h12-15,17H,4-11H2,1-3H3;1H. The molecule has 1 amide bonds. The molecular formula is C16H31ClN2O. The molecule has 0 bridgehead atoms. The maximum atomic E-state index is 12.8. The molecule has 2 saturated heterocycles. The number of amides is 1. The molecule has 1 N–H and O–H groups in total. The minimum absolute atomic E-state index is 0. The number of carbonyl (C=O) groups excluding carboxylic acids is 1. The van der Waals surface area contributed by atoms with Crippen LogP contribution in [0.15, 0.2) is 0 Å². The Hall–Kier alpha value is -0.280. The molecule has 4 heteroatoms. The van der Waals surface area contributed by atoms with E-state index in [0.29, 0.717) is 23.8 Å². The molecule has 2 fully saturated rings. The van der Waals surface area contributed by atoms with Crippen LogP contribution in [0.1, 0.15) is 52.9 Å². The zero-order valence-corrected chi connectivity index (χ0v) is 14.0. The number of likely N-dealkylation sites (tertiary alicyclic amines) is 1. The molecule has 2 aliphatic heterocycles. The Labute approximate surface area is 130 Å². The van der Waals surface area contributed by atoms with Gasteiger partial charge >= 0.3 is 0 Å². The first-order chi connectivity index (χ1) is 9.09. The molecule has 2 heterocycles. The van der Waals surface area contributed by atoms with Gasteiger partial charge in [0.1, 0.15) is 0 Å². The van der Waals surface area contributed by atoms with Gasteiger partial charge in [0.05, 0.1) is 0 Å². The van der Waals surface area contributed by atoms with Crippen molar-refractivity contribution >= 4 is 18.3 Å². The highest BCUT2D eigenvalue weighted by molar-refractivity contribution is 5.85. The third-order valence-corrected chi connectivity index (χ3v) is 4.81. The van der Waals surface area contributed by atoms with Crippen molar-refractivity contribution in [2.45, 2.75) is 58.9 Å². The first-order valence-electron chi connectivity index (χ1n) is 8.10. The second-order valence-electron chi connectivity index (χ2n) is 6.87. The Kier molecular flexibility index (Phi) is 7.32. The second-order valence-corrected chi connectivity index (χ2v) is 6.87. The normalized spacial score (nSPS) is 25.6. The minimum atomic E-state index is 0. The summed E-state index contributed by atoms with van der Waals surface area (Å²) in [6.07, 6.45) is 6.15. The van der Waals surface area contributed by atoms with Gasteiger partial charge in [0.15, 0.2) is 0 Å². The molecule has 118 valence electrons. The van der Waals surface area contributed by atoms with Crippen molar-refractivity contribution < 1.29 is 4.79 Å². The number of nitrogens with one attached hydrogen (secondary N) is 1. The number of hydrogen-bond acceptors (Lipinski definition) is 2. The van der Waals surface area contributed by atoms with Crippen molar-refractivity contribution in [3.05, 3.63) is 0 Å². The summed E-state index contributed by atoms with van der Waals surface area (Å²) in [6.45, 7) is 9.71. The molecule has 0 spiro atoms. The Bertz CT molecular complexity index is 305. The van der Waals surface area contributed by atoms with Crippen molar-refractivity contribution in [3.63, 3.8) is 0 Å². The van der Waals surface area contributed by atoms with E-state index in [-0.39, 0.29) is 18.3 Å². The smallest absolute Gasteiger partial charge is 0.226 e. The molecule has 0 radical (unpaired) electrons. The predicted molar refractivity (Wildman–Crippen MR) is 86.2 cm³/mol. The Morgan fingerprint density at radius 2 is 1.90 bits per heavy atom. The van der Waals surface area contributed by atoms with Crippen molar-refractivity contribution in [2.75, 3.05) is 19.6 Å². The number of nitrogens with zero attached hydrogens (tertiary/aromatic N) is 1. The molecule has 2 aliphatic rings. The zero-order chi connectivity index (χ0) is 13.8. The third-order valence-electron chi connectivity index (χ3n) is 4.81. The summed E-state index contributed by atoms with van der Waals surface area (Å²) in [6, 6.07) is 0.491. The molecule has 3 nitrogen and oxygen atoms in total. The van der Waals surface area contributed by atoms with Gasteiger partial charge in [-0.15, -0.1) is 12.4 Å². The van der Waals surface area contributed by atoms with Crippen LogP contribution in [0.5, 0.6) is 0 Å². The van der Waals surface area contributed by atoms with Gasteiger partial charge in [-0.2, -0.15) is 0 Å². The third kappa shape index (κ3) is 4.36. The van der Waals surface area contributed by atoms with Crippen molar-refractivity contribution in [3.8, 4) is 0 Å². The minimum Gasteiger partial charge on any atom is -0.339 e. The fourth-order valence-electron chi connectivity index (χ4n) is 3.38. The molecule has 0 aromatic rings. The lowest BCUT2D eigenvalue weighted by molar-refractivity contribution is -0.140. The van der Waals surface area contributed by atoms with Gasteiger partial charge in [-0.05, 0) is 44.2 Å². The molecule has 0 saturated carbocycles. The fraction of sp³-hybridized carbons (Fsp3) is 0.938. The molecule has 2 unspecified atom stereocenters. The maximum Gasteiger partial charge on any atom is 0.226 e. The van der Waals surface area contributed by atoms with Crippen LogP contribution in [-0.2, 0) is 4.79 Å². The monoisotopic (exact) mass is 302 g/mol. The lowest BCUT2D eigenvalue weighted by atomic mass is 9.87. The van der Waals surface area contributed by atoms with Gasteiger partial charge in [0.2, 0.25) is 5.91 Å². The van der Waals surface area contributed by atoms with Gasteiger partial charge < -0.3 is 10.2 Å². The highest BCUT2D eigenvalue weighted by Crippen LogP contribution is 2.26. The van der Waals surface area contributed by atoms with Gasteiger partial charge in [-0.1, -0.05) is 33.6 Å². The number of hydrogen-bond donors (Lipinski definition) is 1. The van der Waals surface area contributed by atoms with Gasteiger partial charge in [0.25, 0.3) is 0 Å². The van der Waals surface area contributed by atoms with Gasteiger partial charge in [-0.25, -0.2) is 0 Å². The van der Waals surface area contributed by atoms with Gasteiger partial charge in [-0.3, -0.25) is 4.79 Å². The molecule has 20 heavy (non-hydrogen) atoms. The highest BCUT2D eigenvalue weighted by Gasteiger charge is 2.34. The predicted octanol–water partition coefficient (Wildman–Crippen LogP) is 3.08. The fourth-order valence-corrected chi connectivity index (χ4v) is 3.38. The van der Waals surface area contributed by atoms with Crippen LogP contribution < -0.4 is 5.32 Å². The number of carbonyl (C=O) groups is 1. The molecule has 0 aliphatic carbocycles. The topological polar surface area (TPSA) is 32.3 Å².